The summed E-state index contributed by atoms with van der Waals surface area (Å²) in [4.78, 5) is 46.9. The third kappa shape index (κ3) is 6.42. The first kappa shape index (κ1) is 31.8. The Bertz CT molecular complexity index is 1360. The quantitative estimate of drug-likeness (QED) is 0.421. The molecule has 4 heterocycles. The number of hydrogen-bond acceptors (Lipinski definition) is 5. The first-order chi connectivity index (χ1) is 21.8. The van der Waals surface area contributed by atoms with Crippen LogP contribution < -0.4 is 5.32 Å². The maximum Gasteiger partial charge on any atom is 0.253 e. The van der Waals surface area contributed by atoms with Crippen LogP contribution in [0, 0.1) is 19.8 Å². The topological polar surface area (TPSA) is 90.8 Å². The summed E-state index contributed by atoms with van der Waals surface area (Å²) in [5.74, 6) is 0.852. The molecule has 1 N–H and O–H groups in total. The molecule has 4 aliphatic rings. The van der Waals surface area contributed by atoms with Crippen molar-refractivity contribution in [3.05, 3.63) is 46.8 Å². The summed E-state index contributed by atoms with van der Waals surface area (Å²) in [6.45, 7) is 10.9. The fraction of sp³-hybridized carbons (Fsp3) is 0.667. The number of nitrogens with zero attached hydrogens (tertiary/aromatic N) is 5. The number of unbranched alkanes of at least 4 members (excludes halogenated alkanes) is 1. The molecule has 0 radical (unpaired) electrons. The normalized spacial score (nSPS) is 22.8. The number of amides is 3. The van der Waals surface area contributed by atoms with E-state index in [1.54, 1.807) is 0 Å². The summed E-state index contributed by atoms with van der Waals surface area (Å²) in [6, 6.07) is 7.43. The number of carbonyl (C=O) groups excluding carboxylic acids is 3. The van der Waals surface area contributed by atoms with Crippen LogP contribution in [0.25, 0.3) is 5.69 Å². The third-order valence-corrected chi connectivity index (χ3v) is 11.1. The zero-order chi connectivity index (χ0) is 31.6. The van der Waals surface area contributed by atoms with Crippen LogP contribution >= 0.6 is 0 Å². The zero-order valence-corrected chi connectivity index (χ0v) is 27.7. The summed E-state index contributed by atoms with van der Waals surface area (Å²) in [5.41, 5.74) is 4.21. The molecule has 1 atom stereocenters. The van der Waals surface area contributed by atoms with Gasteiger partial charge in [-0.15, -0.1) is 0 Å². The molecule has 0 unspecified atom stereocenters. The van der Waals surface area contributed by atoms with E-state index in [0.29, 0.717) is 25.3 Å². The molecular weight excluding hydrogens is 564 g/mol. The van der Waals surface area contributed by atoms with Crippen LogP contribution in [0.1, 0.15) is 111 Å². The van der Waals surface area contributed by atoms with Gasteiger partial charge in [0.2, 0.25) is 11.8 Å². The summed E-state index contributed by atoms with van der Waals surface area (Å²) in [6.07, 6.45) is 12.3. The molecular formula is C36H52N6O3. The van der Waals surface area contributed by atoms with E-state index < -0.39 is 5.54 Å². The number of piperidine rings is 1. The second-order valence-corrected chi connectivity index (χ2v) is 14.0. The lowest BCUT2D eigenvalue weighted by molar-refractivity contribution is -0.162. The van der Waals surface area contributed by atoms with Crippen molar-refractivity contribution in [3.63, 3.8) is 0 Å². The van der Waals surface area contributed by atoms with Crippen LogP contribution in [0.3, 0.4) is 0 Å². The van der Waals surface area contributed by atoms with Gasteiger partial charge < -0.3 is 15.1 Å². The van der Waals surface area contributed by atoms with E-state index in [2.05, 4.69) is 31.0 Å². The Balaban J connectivity index is 1.12. The van der Waals surface area contributed by atoms with Crippen LogP contribution in [0.2, 0.25) is 0 Å². The highest BCUT2D eigenvalue weighted by atomic mass is 16.2. The average molecular weight is 617 g/mol. The third-order valence-electron chi connectivity index (χ3n) is 11.1. The fourth-order valence-electron chi connectivity index (χ4n) is 8.24. The van der Waals surface area contributed by atoms with E-state index in [4.69, 9.17) is 5.10 Å². The molecule has 6 rings (SSSR count). The Morgan fingerprint density at radius 2 is 1.64 bits per heavy atom. The molecule has 45 heavy (non-hydrogen) atoms. The number of carbonyl (C=O) groups is 3. The van der Waals surface area contributed by atoms with Gasteiger partial charge in [0.25, 0.3) is 5.91 Å². The predicted octanol–water partition coefficient (Wildman–Crippen LogP) is 5.16. The summed E-state index contributed by atoms with van der Waals surface area (Å²) in [5, 5.41) is 8.11. The standard InChI is InChI=1S/C36H52N6O3/c1-4-5-21-41-34(44)32(24-28-11-7-6-8-12-28)37-35(45)36(41)17-22-39(23-18-36)25-31-26(2)38-42(27(31)3)30-15-13-29(14-16-30)33(43)40-19-9-10-20-40/h13-16,28,32H,4-12,17-25H2,1-3H3,(H,37,45)/t32-/m0/s1. The van der Waals surface area contributed by atoms with Crippen molar-refractivity contribution < 1.29 is 14.4 Å². The molecule has 1 aliphatic carbocycles. The molecule has 1 saturated carbocycles. The lowest BCUT2D eigenvalue weighted by Gasteiger charge is -2.52. The van der Waals surface area contributed by atoms with E-state index in [-0.39, 0.29) is 23.8 Å². The van der Waals surface area contributed by atoms with Crippen molar-refractivity contribution in [2.75, 3.05) is 32.7 Å². The van der Waals surface area contributed by atoms with Crippen molar-refractivity contribution in [3.8, 4) is 5.69 Å². The minimum Gasteiger partial charge on any atom is -0.342 e. The number of hydrogen-bond donors (Lipinski definition) is 1. The highest BCUT2D eigenvalue weighted by Crippen LogP contribution is 2.36. The van der Waals surface area contributed by atoms with Crippen molar-refractivity contribution in [1.82, 2.24) is 29.8 Å². The van der Waals surface area contributed by atoms with Gasteiger partial charge in [0, 0.05) is 56.1 Å². The van der Waals surface area contributed by atoms with Gasteiger partial charge in [-0.25, -0.2) is 4.68 Å². The Kier molecular flexibility index (Phi) is 9.64. The highest BCUT2D eigenvalue weighted by molar-refractivity contribution is 6.00. The maximum atomic E-state index is 13.9. The second-order valence-electron chi connectivity index (χ2n) is 14.0. The van der Waals surface area contributed by atoms with Crippen LogP contribution in [0.15, 0.2) is 24.3 Å². The zero-order valence-electron chi connectivity index (χ0n) is 27.7. The van der Waals surface area contributed by atoms with Crippen molar-refractivity contribution in [2.24, 2.45) is 5.92 Å². The number of benzene rings is 1. The number of aryl methyl sites for hydroxylation is 1. The average Bonchev–Trinajstić information content (AvgIpc) is 3.70. The minimum atomic E-state index is -0.742. The molecule has 9 nitrogen and oxygen atoms in total. The first-order valence-electron chi connectivity index (χ1n) is 17.6. The van der Waals surface area contributed by atoms with Gasteiger partial charge in [-0.1, -0.05) is 45.4 Å². The van der Waals surface area contributed by atoms with Gasteiger partial charge in [0.05, 0.1) is 11.4 Å². The van der Waals surface area contributed by atoms with Crippen molar-refractivity contribution in [2.45, 2.75) is 116 Å². The van der Waals surface area contributed by atoms with Gasteiger partial charge in [0.15, 0.2) is 0 Å². The second kappa shape index (κ2) is 13.7. The van der Waals surface area contributed by atoms with E-state index in [0.717, 1.165) is 87.5 Å². The molecule has 1 aromatic carbocycles. The number of nitrogens with one attached hydrogen (secondary N) is 1. The molecule has 0 bridgehead atoms. The Hall–Kier alpha value is -3.20. The van der Waals surface area contributed by atoms with Crippen LogP contribution in [-0.2, 0) is 16.1 Å². The lowest BCUT2D eigenvalue weighted by atomic mass is 9.79. The molecule has 3 amide bonds. The Morgan fingerprint density at radius 1 is 0.956 bits per heavy atom. The predicted molar refractivity (Wildman–Crippen MR) is 175 cm³/mol. The summed E-state index contributed by atoms with van der Waals surface area (Å²) >= 11 is 0. The summed E-state index contributed by atoms with van der Waals surface area (Å²) in [7, 11) is 0. The largest absolute Gasteiger partial charge is 0.342 e. The van der Waals surface area contributed by atoms with Gasteiger partial charge in [-0.3, -0.25) is 19.3 Å². The maximum absolute atomic E-state index is 13.9. The SMILES string of the molecule is CCCCN1C(=O)[C@H](CC2CCCCC2)NC(=O)C12CCN(Cc1c(C)nn(-c3ccc(C(=O)N4CCCC4)cc3)c1C)CC2. The van der Waals surface area contributed by atoms with Gasteiger partial charge >= 0.3 is 0 Å². The van der Waals surface area contributed by atoms with Crippen LogP contribution in [-0.4, -0.2) is 86.5 Å². The monoisotopic (exact) mass is 616 g/mol. The van der Waals surface area contributed by atoms with Gasteiger partial charge in [-0.05, 0) is 82.6 Å². The Labute approximate surface area is 268 Å². The van der Waals surface area contributed by atoms with Crippen molar-refractivity contribution in [1.29, 1.82) is 0 Å². The Morgan fingerprint density at radius 3 is 2.31 bits per heavy atom. The highest BCUT2D eigenvalue weighted by Gasteiger charge is 2.53. The molecule has 3 aliphatic heterocycles. The first-order valence-corrected chi connectivity index (χ1v) is 17.6. The van der Waals surface area contributed by atoms with E-state index >= 15 is 0 Å². The van der Waals surface area contributed by atoms with Crippen LogP contribution in [0.5, 0.6) is 0 Å². The van der Waals surface area contributed by atoms with Crippen molar-refractivity contribution >= 4 is 17.7 Å². The molecule has 1 spiro atoms. The van der Waals surface area contributed by atoms with Crippen LogP contribution in [0.4, 0.5) is 0 Å². The number of piperazine rings is 1. The summed E-state index contributed by atoms with van der Waals surface area (Å²) < 4.78 is 1.98. The van der Waals surface area contributed by atoms with E-state index in [1.165, 1.54) is 37.7 Å². The minimum absolute atomic E-state index is 0.0607. The lowest BCUT2D eigenvalue weighted by Crippen LogP contribution is -2.73. The number of likely N-dealkylation sites (tertiary alicyclic amines) is 2. The smallest absolute Gasteiger partial charge is 0.253 e. The molecule has 1 aromatic heterocycles. The molecule has 244 valence electrons. The van der Waals surface area contributed by atoms with Gasteiger partial charge in [0.1, 0.15) is 11.6 Å². The molecule has 9 heteroatoms. The van der Waals surface area contributed by atoms with Gasteiger partial charge in [-0.2, -0.15) is 5.10 Å². The number of rotatable bonds is 9. The van der Waals surface area contributed by atoms with E-state index in [9.17, 15) is 14.4 Å². The molecule has 3 saturated heterocycles. The molecule has 2 aromatic rings. The van der Waals surface area contributed by atoms with E-state index in [1.807, 2.05) is 38.7 Å². The number of aromatic nitrogens is 2. The fourth-order valence-corrected chi connectivity index (χ4v) is 8.24. The molecule has 4 fully saturated rings.